The molecule has 0 bridgehead atoms. The Bertz CT molecular complexity index is 2980. The molecule has 0 N–H and O–H groups in total. The molecule has 3 unspecified atom stereocenters. The summed E-state index contributed by atoms with van der Waals surface area (Å²) in [6.45, 7) is 4.15. The Morgan fingerprint density at radius 3 is 1.09 bits per heavy atom. The number of para-hydroxylation sites is 2. The summed E-state index contributed by atoms with van der Waals surface area (Å²) >= 11 is 70.6. The number of halogens is 10. The molecule has 0 spiro atoms. The van der Waals surface area contributed by atoms with Crippen LogP contribution in [-0.2, 0) is 14.6 Å². The van der Waals surface area contributed by atoms with Crippen molar-refractivity contribution < 1.29 is 14.2 Å². The number of ether oxygens (including phenoxy) is 3. The molecule has 0 aliphatic rings. The minimum atomic E-state index is -1.53. The van der Waals surface area contributed by atoms with Crippen LogP contribution in [-0.4, -0.2) is 0 Å². The average Bonchev–Trinajstić information content (AvgIpc) is 3.33. The summed E-state index contributed by atoms with van der Waals surface area (Å²) in [6, 6.07) is 55.4. The molecule has 8 aromatic rings. The molecule has 68 heavy (non-hydrogen) atoms. The van der Waals surface area contributed by atoms with Gasteiger partial charge in [0.2, 0.25) is 0 Å². The average molecular weight is 1100 g/mol. The van der Waals surface area contributed by atoms with Crippen molar-refractivity contribution in [2.45, 2.75) is 34.9 Å². The normalized spacial score (nSPS) is 14.3. The molecule has 0 heterocycles. The van der Waals surface area contributed by atoms with Crippen LogP contribution in [0, 0.1) is 5.41 Å². The highest BCUT2D eigenvalue weighted by molar-refractivity contribution is 6.40. The van der Waals surface area contributed by atoms with Gasteiger partial charge < -0.3 is 14.2 Å². The van der Waals surface area contributed by atoms with Gasteiger partial charge in [0.1, 0.15) is 27.0 Å². The lowest BCUT2D eigenvalue weighted by atomic mass is 9.59. The van der Waals surface area contributed by atoms with Crippen molar-refractivity contribution in [3.05, 3.63) is 245 Å². The molecule has 0 aliphatic heterocycles. The van der Waals surface area contributed by atoms with Gasteiger partial charge in [-0.05, 0) is 112 Å². The zero-order valence-electron chi connectivity index (χ0n) is 36.0. The maximum atomic E-state index is 8.65. The third kappa shape index (κ3) is 10.0. The molecule has 0 fully saturated rings. The predicted molar refractivity (Wildman–Crippen MR) is 286 cm³/mol. The molecular weight excluding hydrogens is 1060 g/mol. The number of alkyl halides is 3. The van der Waals surface area contributed by atoms with Gasteiger partial charge in [0.25, 0.3) is 0 Å². The number of benzene rings is 8. The second-order valence-electron chi connectivity index (χ2n) is 16.6. The van der Waals surface area contributed by atoms with Gasteiger partial charge in [-0.25, -0.2) is 0 Å². The SMILES string of the molecule is CC(C)(CC(Cl)(c1ccccc1)c1ccc(Oc2c(Cl)cc(Cl)cc2Cl)cc1)C(Cl)(c1ccc(Oc2c(Cl)cccc2Cl)cc1)C(Cl)(c1ccccc1)c1ccc(Oc2c(Cl)cccc2Cl)cc1. The first-order valence-electron chi connectivity index (χ1n) is 21.0. The molecule has 8 aromatic carbocycles. The summed E-state index contributed by atoms with van der Waals surface area (Å²) in [5, 5.41) is 2.38. The topological polar surface area (TPSA) is 27.7 Å². The van der Waals surface area contributed by atoms with Crippen LogP contribution in [0.5, 0.6) is 34.5 Å². The fourth-order valence-electron chi connectivity index (χ4n) is 8.52. The van der Waals surface area contributed by atoms with E-state index in [2.05, 4.69) is 13.8 Å². The Kier molecular flexibility index (Phi) is 15.4. The zero-order valence-corrected chi connectivity index (χ0v) is 43.6. The number of rotatable bonds is 15. The highest BCUT2D eigenvalue weighted by Crippen LogP contribution is 2.66. The summed E-state index contributed by atoms with van der Waals surface area (Å²) in [5.41, 5.74) is 2.62. The minimum absolute atomic E-state index is 0.241. The third-order valence-corrected chi connectivity index (χ3v) is 16.1. The Morgan fingerprint density at radius 1 is 0.353 bits per heavy atom. The van der Waals surface area contributed by atoms with Crippen LogP contribution in [0.4, 0.5) is 0 Å². The first-order valence-corrected chi connectivity index (χ1v) is 24.8. The summed E-state index contributed by atoms with van der Waals surface area (Å²) in [6.07, 6.45) is 0.241. The first kappa shape index (κ1) is 50.4. The highest BCUT2D eigenvalue weighted by atomic mass is 35.5. The van der Waals surface area contributed by atoms with E-state index in [9.17, 15) is 0 Å². The second-order valence-corrected chi connectivity index (χ2v) is 21.2. The first-order chi connectivity index (χ1) is 32.4. The maximum absolute atomic E-state index is 8.65. The lowest BCUT2D eigenvalue weighted by Crippen LogP contribution is -2.53. The smallest absolute Gasteiger partial charge is 0.164 e. The van der Waals surface area contributed by atoms with E-state index in [0.29, 0.717) is 65.0 Å². The Balaban J connectivity index is 1.28. The van der Waals surface area contributed by atoms with Gasteiger partial charge in [-0.15, -0.1) is 34.8 Å². The third-order valence-electron chi connectivity index (χ3n) is 11.8. The van der Waals surface area contributed by atoms with Crippen LogP contribution in [0.3, 0.4) is 0 Å². The molecule has 0 aromatic heterocycles. The van der Waals surface area contributed by atoms with Crippen LogP contribution in [0.25, 0.3) is 0 Å². The van der Waals surface area contributed by atoms with Crippen LogP contribution < -0.4 is 14.2 Å². The van der Waals surface area contributed by atoms with Gasteiger partial charge in [0.15, 0.2) is 17.2 Å². The summed E-state index contributed by atoms with van der Waals surface area (Å²) < 4.78 is 18.7. The van der Waals surface area contributed by atoms with E-state index >= 15 is 0 Å². The van der Waals surface area contributed by atoms with E-state index < -0.39 is 20.0 Å². The monoisotopic (exact) mass is 1100 g/mol. The van der Waals surface area contributed by atoms with Crippen LogP contribution in [0.1, 0.15) is 48.1 Å². The minimum Gasteiger partial charge on any atom is -0.454 e. The van der Waals surface area contributed by atoms with Crippen molar-refractivity contribution in [2.24, 2.45) is 5.41 Å². The summed E-state index contributed by atoms with van der Waals surface area (Å²) in [4.78, 5) is -4.25. The molecule has 0 radical (unpaired) electrons. The van der Waals surface area contributed by atoms with Gasteiger partial charge >= 0.3 is 0 Å². The van der Waals surface area contributed by atoms with Crippen LogP contribution in [0.2, 0.25) is 35.2 Å². The second kappa shape index (κ2) is 20.8. The summed E-state index contributed by atoms with van der Waals surface area (Å²) in [7, 11) is 0. The molecule has 346 valence electrons. The Hall–Kier alpha value is -3.94. The van der Waals surface area contributed by atoms with Crippen molar-refractivity contribution in [1.29, 1.82) is 0 Å². The summed E-state index contributed by atoms with van der Waals surface area (Å²) in [5.74, 6) is 2.35. The van der Waals surface area contributed by atoms with Crippen molar-refractivity contribution in [3.8, 4) is 34.5 Å². The molecule has 3 nitrogen and oxygen atoms in total. The van der Waals surface area contributed by atoms with E-state index in [1.165, 1.54) is 0 Å². The van der Waals surface area contributed by atoms with E-state index in [1.807, 2.05) is 133 Å². The quantitative estimate of drug-likeness (QED) is 0.0958. The van der Waals surface area contributed by atoms with Crippen molar-refractivity contribution >= 4 is 116 Å². The number of hydrogen-bond acceptors (Lipinski definition) is 3. The van der Waals surface area contributed by atoms with Crippen molar-refractivity contribution in [1.82, 2.24) is 0 Å². The molecule has 0 aliphatic carbocycles. The number of hydrogen-bond donors (Lipinski definition) is 0. The molecule has 0 amide bonds. The van der Waals surface area contributed by atoms with Gasteiger partial charge in [-0.2, -0.15) is 0 Å². The standard InChI is InChI=1S/C55H38Cl10O3/c1-52(2,33-53(63,34-11-5-3-6-12-34)35-19-25-40(26-20-35)68-51-47(61)31-39(56)32-48(51)62)55(65,38-23-29-42(30-24-38)67-50-45(59)17-10-18-46(50)60)54(64,36-13-7-4-8-14-36)37-21-27-41(28-22-37)66-49-43(57)15-9-16-44(49)58/h3-32H,33H2,1-2H3. The highest BCUT2D eigenvalue weighted by Gasteiger charge is 2.62. The van der Waals surface area contributed by atoms with Crippen LogP contribution in [0.15, 0.2) is 182 Å². The van der Waals surface area contributed by atoms with Gasteiger partial charge in [-0.1, -0.05) is 204 Å². The molecule has 3 atom stereocenters. The molecule has 0 saturated carbocycles. The van der Waals surface area contributed by atoms with Gasteiger partial charge in [0.05, 0.1) is 35.0 Å². The zero-order chi connectivity index (χ0) is 48.4. The molecule has 0 saturated heterocycles. The maximum Gasteiger partial charge on any atom is 0.164 e. The molecule has 13 heteroatoms. The van der Waals surface area contributed by atoms with Crippen molar-refractivity contribution in [3.63, 3.8) is 0 Å². The molecular formula is C55H38Cl10O3. The molecule has 8 rings (SSSR count). The lowest BCUT2D eigenvalue weighted by Gasteiger charge is -2.54. The largest absolute Gasteiger partial charge is 0.454 e. The Labute approximate surface area is 446 Å². The van der Waals surface area contributed by atoms with Gasteiger partial charge in [0, 0.05) is 5.02 Å². The lowest BCUT2D eigenvalue weighted by molar-refractivity contribution is 0.171. The van der Waals surface area contributed by atoms with Gasteiger partial charge in [-0.3, -0.25) is 0 Å². The van der Waals surface area contributed by atoms with E-state index in [-0.39, 0.29) is 22.2 Å². The van der Waals surface area contributed by atoms with E-state index in [1.54, 1.807) is 48.5 Å². The Morgan fingerprint density at radius 2 is 0.676 bits per heavy atom. The predicted octanol–water partition coefficient (Wildman–Crippen LogP) is 20.9. The van der Waals surface area contributed by atoms with Crippen molar-refractivity contribution in [2.75, 3.05) is 0 Å². The fourth-order valence-corrected chi connectivity index (χ4v) is 12.0. The van der Waals surface area contributed by atoms with Crippen LogP contribution >= 0.6 is 116 Å². The van der Waals surface area contributed by atoms with E-state index in [0.717, 1.165) is 16.7 Å². The van der Waals surface area contributed by atoms with E-state index in [4.69, 9.17) is 130 Å². The fraction of sp³-hybridized carbons (Fsp3) is 0.127.